The summed E-state index contributed by atoms with van der Waals surface area (Å²) in [4.78, 5) is 24.4. The third-order valence-electron chi connectivity index (χ3n) is 6.02. The highest BCUT2D eigenvalue weighted by Gasteiger charge is 2.35. The summed E-state index contributed by atoms with van der Waals surface area (Å²) in [6, 6.07) is 8.50. The van der Waals surface area contributed by atoms with Crippen LogP contribution in [0.1, 0.15) is 52.8 Å². The maximum atomic E-state index is 13.0. The number of benzene rings is 1. The second kappa shape index (κ2) is 7.17. The molecule has 2 aromatic heterocycles. The molecule has 5 rings (SSSR count). The van der Waals surface area contributed by atoms with Crippen LogP contribution < -0.4 is 0 Å². The molecule has 1 atom stereocenters. The Kier molecular flexibility index (Phi) is 4.51. The minimum Gasteiger partial charge on any atom is -0.337 e. The summed E-state index contributed by atoms with van der Waals surface area (Å²) in [5.74, 6) is 1.66. The van der Waals surface area contributed by atoms with Gasteiger partial charge in [0.15, 0.2) is 0 Å². The van der Waals surface area contributed by atoms with Crippen LogP contribution in [0.4, 0.5) is 0 Å². The van der Waals surface area contributed by atoms with Crippen LogP contribution >= 0.6 is 11.3 Å². The number of carbonyl (C=O) groups is 1. The summed E-state index contributed by atoms with van der Waals surface area (Å²) < 4.78 is 2.19. The number of rotatable bonds is 4. The number of fused-ring (bicyclic) bond motifs is 1. The van der Waals surface area contributed by atoms with Crippen molar-refractivity contribution in [3.05, 3.63) is 69.7 Å². The van der Waals surface area contributed by atoms with Gasteiger partial charge < -0.3 is 9.47 Å². The average Bonchev–Trinajstić information content (AvgIpc) is 3.28. The monoisotopic (exact) mass is 392 g/mol. The number of hydrogen-bond acceptors (Lipinski definition) is 4. The first kappa shape index (κ1) is 17.6. The molecule has 6 heteroatoms. The predicted octanol–water partition coefficient (Wildman–Crippen LogP) is 3.97. The summed E-state index contributed by atoms with van der Waals surface area (Å²) in [7, 11) is 0. The number of aromatic nitrogens is 3. The first-order valence-electron chi connectivity index (χ1n) is 9.97. The van der Waals surface area contributed by atoms with Crippen molar-refractivity contribution in [2.24, 2.45) is 5.92 Å². The molecule has 3 heterocycles. The Balaban J connectivity index is 1.48. The van der Waals surface area contributed by atoms with Crippen molar-refractivity contribution in [2.45, 2.75) is 45.2 Å². The molecular weight excluding hydrogens is 368 g/mol. The summed E-state index contributed by atoms with van der Waals surface area (Å²) in [5, 5.41) is 3.19. The molecule has 1 aliphatic heterocycles. The molecule has 1 amide bonds. The molecule has 144 valence electrons. The fraction of sp³-hybridized carbons (Fsp3) is 0.409. The average molecular weight is 393 g/mol. The van der Waals surface area contributed by atoms with Crippen molar-refractivity contribution in [3.63, 3.8) is 0 Å². The number of imidazole rings is 1. The number of carbonyl (C=O) groups excluding carboxylic acids is 1. The van der Waals surface area contributed by atoms with Crippen LogP contribution in [0.15, 0.2) is 42.0 Å². The smallest absolute Gasteiger partial charge is 0.226 e. The highest BCUT2D eigenvalue weighted by atomic mass is 32.1. The van der Waals surface area contributed by atoms with Gasteiger partial charge in [-0.25, -0.2) is 9.97 Å². The molecule has 2 aliphatic rings. The molecule has 1 aromatic carbocycles. The van der Waals surface area contributed by atoms with Crippen LogP contribution in [0.3, 0.4) is 0 Å². The van der Waals surface area contributed by atoms with Gasteiger partial charge in [-0.15, -0.1) is 11.3 Å². The third kappa shape index (κ3) is 3.15. The Morgan fingerprint density at radius 1 is 1.29 bits per heavy atom. The van der Waals surface area contributed by atoms with E-state index in [1.165, 1.54) is 17.5 Å². The number of thiazole rings is 1. The molecule has 0 saturated heterocycles. The number of hydrogen-bond donors (Lipinski definition) is 0. The minimum atomic E-state index is 0.101. The Morgan fingerprint density at radius 2 is 2.14 bits per heavy atom. The van der Waals surface area contributed by atoms with E-state index in [1.807, 2.05) is 19.3 Å². The largest absolute Gasteiger partial charge is 0.337 e. The fourth-order valence-corrected chi connectivity index (χ4v) is 4.93. The van der Waals surface area contributed by atoms with E-state index in [0.29, 0.717) is 19.0 Å². The van der Waals surface area contributed by atoms with Crippen LogP contribution in [0, 0.1) is 12.8 Å². The van der Waals surface area contributed by atoms with E-state index in [9.17, 15) is 4.79 Å². The van der Waals surface area contributed by atoms with Crippen LogP contribution in [0.25, 0.3) is 0 Å². The van der Waals surface area contributed by atoms with E-state index in [0.717, 1.165) is 35.9 Å². The summed E-state index contributed by atoms with van der Waals surface area (Å²) in [5.41, 5.74) is 3.60. The van der Waals surface area contributed by atoms with Gasteiger partial charge in [0.05, 0.1) is 23.2 Å². The van der Waals surface area contributed by atoms with Crippen molar-refractivity contribution < 1.29 is 4.79 Å². The topological polar surface area (TPSA) is 51.0 Å². The number of aryl methyl sites for hydroxylation is 1. The second-order valence-electron chi connectivity index (χ2n) is 7.87. The highest BCUT2D eigenvalue weighted by molar-refractivity contribution is 7.09. The zero-order chi connectivity index (χ0) is 19.1. The maximum absolute atomic E-state index is 13.0. The van der Waals surface area contributed by atoms with Crippen LogP contribution in [0.5, 0.6) is 0 Å². The number of nitrogens with zero attached hydrogens (tertiary/aromatic N) is 4. The summed E-state index contributed by atoms with van der Waals surface area (Å²) in [6.45, 7) is 4.17. The zero-order valence-corrected chi connectivity index (χ0v) is 16.9. The minimum absolute atomic E-state index is 0.101. The Hall–Kier alpha value is -2.47. The lowest BCUT2D eigenvalue weighted by atomic mass is 9.82. The molecular formula is C22H24N4OS. The molecule has 28 heavy (non-hydrogen) atoms. The van der Waals surface area contributed by atoms with Crippen molar-refractivity contribution >= 4 is 17.2 Å². The first-order valence-corrected chi connectivity index (χ1v) is 10.9. The molecule has 1 fully saturated rings. The number of amides is 1. The maximum Gasteiger partial charge on any atom is 0.226 e. The Labute approximate surface area is 169 Å². The first-order chi connectivity index (χ1) is 13.7. The fourth-order valence-electron chi connectivity index (χ4n) is 4.33. The van der Waals surface area contributed by atoms with E-state index in [4.69, 9.17) is 4.98 Å². The molecule has 0 spiro atoms. The van der Waals surface area contributed by atoms with Crippen molar-refractivity contribution in [1.82, 2.24) is 19.4 Å². The lowest BCUT2D eigenvalue weighted by Crippen LogP contribution is -2.43. The van der Waals surface area contributed by atoms with Gasteiger partial charge >= 0.3 is 0 Å². The molecule has 0 bridgehead atoms. The lowest BCUT2D eigenvalue weighted by molar-refractivity contribution is -0.139. The predicted molar refractivity (Wildman–Crippen MR) is 109 cm³/mol. The van der Waals surface area contributed by atoms with Gasteiger partial charge in [0.2, 0.25) is 5.91 Å². The van der Waals surface area contributed by atoms with Gasteiger partial charge in [-0.2, -0.15) is 0 Å². The molecule has 3 aromatic rings. The van der Waals surface area contributed by atoms with Gasteiger partial charge in [-0.3, -0.25) is 4.79 Å². The van der Waals surface area contributed by atoms with E-state index in [2.05, 4.69) is 44.1 Å². The van der Waals surface area contributed by atoms with Crippen LogP contribution in [-0.4, -0.2) is 31.9 Å². The quantitative estimate of drug-likeness (QED) is 0.675. The van der Waals surface area contributed by atoms with Crippen molar-refractivity contribution in [3.8, 4) is 0 Å². The van der Waals surface area contributed by atoms with E-state index >= 15 is 0 Å². The second-order valence-corrected chi connectivity index (χ2v) is 8.93. The lowest BCUT2D eigenvalue weighted by Gasteiger charge is -2.38. The van der Waals surface area contributed by atoms with Gasteiger partial charge in [0.1, 0.15) is 5.82 Å². The Morgan fingerprint density at radius 3 is 2.89 bits per heavy atom. The standard InChI is InChI=1S/C22H24N4OS/c1-15-24-18(14-28-15)12-25-10-9-23-21(25)20-13-26(22(27)16-6-4-7-16)11-17-5-2-3-8-19(17)20/h2-3,5,8-10,14,16,20H,4,6-7,11-13H2,1H3/t20-/m1/s1. The van der Waals surface area contributed by atoms with Crippen molar-refractivity contribution in [1.29, 1.82) is 0 Å². The van der Waals surface area contributed by atoms with E-state index in [-0.39, 0.29) is 11.8 Å². The zero-order valence-electron chi connectivity index (χ0n) is 16.0. The van der Waals surface area contributed by atoms with Gasteiger partial charge in [-0.05, 0) is 30.9 Å². The molecule has 1 aliphatic carbocycles. The normalized spacial score (nSPS) is 19.3. The van der Waals surface area contributed by atoms with Gasteiger partial charge in [-0.1, -0.05) is 30.7 Å². The summed E-state index contributed by atoms with van der Waals surface area (Å²) in [6.07, 6.45) is 7.16. The molecule has 1 saturated carbocycles. The SMILES string of the molecule is Cc1nc(Cn2ccnc2[C@@H]2CN(C(=O)C3CCC3)Cc3ccccc32)cs1. The van der Waals surface area contributed by atoms with Crippen LogP contribution in [-0.2, 0) is 17.9 Å². The third-order valence-corrected chi connectivity index (χ3v) is 6.84. The van der Waals surface area contributed by atoms with E-state index in [1.54, 1.807) is 11.3 Å². The Bertz CT molecular complexity index is 1000. The molecule has 5 nitrogen and oxygen atoms in total. The van der Waals surface area contributed by atoms with Crippen LogP contribution in [0.2, 0.25) is 0 Å². The van der Waals surface area contributed by atoms with Gasteiger partial charge in [0, 0.05) is 36.8 Å². The van der Waals surface area contributed by atoms with Gasteiger partial charge in [0.25, 0.3) is 0 Å². The molecule has 0 radical (unpaired) electrons. The van der Waals surface area contributed by atoms with Crippen molar-refractivity contribution in [2.75, 3.05) is 6.54 Å². The highest BCUT2D eigenvalue weighted by Crippen LogP contribution is 2.36. The molecule has 0 N–H and O–H groups in total. The molecule has 0 unspecified atom stereocenters. The van der Waals surface area contributed by atoms with E-state index < -0.39 is 0 Å². The summed E-state index contributed by atoms with van der Waals surface area (Å²) >= 11 is 1.67.